The SMILES string of the molecule is CCOC(=O)COc1cc(OCC(=O)OCC)cc(OCC(=O)OCC)c1. The van der Waals surface area contributed by atoms with Gasteiger partial charge in [-0.3, -0.25) is 0 Å². The third kappa shape index (κ3) is 9.34. The van der Waals surface area contributed by atoms with Crippen LogP contribution < -0.4 is 14.2 Å². The number of esters is 3. The molecule has 1 aromatic carbocycles. The number of benzene rings is 1. The van der Waals surface area contributed by atoms with E-state index in [0.717, 1.165) is 0 Å². The van der Waals surface area contributed by atoms with E-state index < -0.39 is 17.9 Å². The third-order valence-corrected chi connectivity index (χ3v) is 2.84. The van der Waals surface area contributed by atoms with E-state index in [9.17, 15) is 14.4 Å². The second kappa shape index (κ2) is 12.4. The monoisotopic (exact) mass is 384 g/mol. The van der Waals surface area contributed by atoms with Gasteiger partial charge in [0.25, 0.3) is 0 Å². The Labute approximate surface area is 157 Å². The minimum atomic E-state index is -0.538. The van der Waals surface area contributed by atoms with Crippen LogP contribution in [0.15, 0.2) is 18.2 Å². The van der Waals surface area contributed by atoms with Gasteiger partial charge in [-0.05, 0) is 20.8 Å². The van der Waals surface area contributed by atoms with Crippen molar-refractivity contribution in [2.45, 2.75) is 20.8 Å². The Hall–Kier alpha value is -2.97. The highest BCUT2D eigenvalue weighted by Crippen LogP contribution is 2.28. The number of carbonyl (C=O) groups is 3. The van der Waals surface area contributed by atoms with E-state index in [2.05, 4.69) is 0 Å². The Morgan fingerprint density at radius 1 is 0.593 bits per heavy atom. The maximum atomic E-state index is 11.4. The summed E-state index contributed by atoms with van der Waals surface area (Å²) in [6.07, 6.45) is 0. The lowest BCUT2D eigenvalue weighted by Crippen LogP contribution is -2.16. The molecule has 150 valence electrons. The predicted octanol–water partition coefficient (Wildman–Crippen LogP) is 1.51. The van der Waals surface area contributed by atoms with Gasteiger partial charge in [-0.15, -0.1) is 0 Å². The highest BCUT2D eigenvalue weighted by atomic mass is 16.6. The molecule has 0 aliphatic carbocycles. The summed E-state index contributed by atoms with van der Waals surface area (Å²) < 4.78 is 30.4. The molecule has 0 unspecified atom stereocenters. The first-order chi connectivity index (χ1) is 13.0. The van der Waals surface area contributed by atoms with Crippen LogP contribution in [0.3, 0.4) is 0 Å². The molecule has 0 spiro atoms. The van der Waals surface area contributed by atoms with Crippen LogP contribution in [0, 0.1) is 0 Å². The summed E-state index contributed by atoms with van der Waals surface area (Å²) in [5.41, 5.74) is 0. The molecule has 1 rings (SSSR count). The second-order valence-corrected chi connectivity index (χ2v) is 4.92. The van der Waals surface area contributed by atoms with Crippen LogP contribution in [0.2, 0.25) is 0 Å². The topological polar surface area (TPSA) is 107 Å². The molecular weight excluding hydrogens is 360 g/mol. The van der Waals surface area contributed by atoms with Gasteiger partial charge in [-0.1, -0.05) is 0 Å². The van der Waals surface area contributed by atoms with E-state index in [-0.39, 0.29) is 56.9 Å². The summed E-state index contributed by atoms with van der Waals surface area (Å²) >= 11 is 0. The average molecular weight is 384 g/mol. The molecule has 0 bridgehead atoms. The van der Waals surface area contributed by atoms with Crippen molar-refractivity contribution in [3.8, 4) is 17.2 Å². The number of hydrogen-bond acceptors (Lipinski definition) is 9. The zero-order valence-corrected chi connectivity index (χ0v) is 15.6. The molecule has 0 fully saturated rings. The molecule has 0 radical (unpaired) electrons. The van der Waals surface area contributed by atoms with Crippen molar-refractivity contribution in [2.75, 3.05) is 39.6 Å². The number of ether oxygens (including phenoxy) is 6. The summed E-state index contributed by atoms with van der Waals surface area (Å²) in [5.74, 6) is -0.896. The molecule has 27 heavy (non-hydrogen) atoms. The van der Waals surface area contributed by atoms with Crippen LogP contribution in [0.25, 0.3) is 0 Å². The van der Waals surface area contributed by atoms with Crippen molar-refractivity contribution in [3.63, 3.8) is 0 Å². The van der Waals surface area contributed by atoms with Gasteiger partial charge in [-0.25, -0.2) is 14.4 Å². The number of rotatable bonds is 12. The van der Waals surface area contributed by atoms with E-state index in [0.29, 0.717) is 0 Å². The molecule has 0 aliphatic rings. The molecule has 9 heteroatoms. The van der Waals surface area contributed by atoms with E-state index >= 15 is 0 Å². The second-order valence-electron chi connectivity index (χ2n) is 4.92. The van der Waals surface area contributed by atoms with E-state index in [1.54, 1.807) is 20.8 Å². The maximum Gasteiger partial charge on any atom is 0.344 e. The van der Waals surface area contributed by atoms with Crippen molar-refractivity contribution >= 4 is 17.9 Å². The summed E-state index contributed by atoms with van der Waals surface area (Å²) in [6.45, 7) is 4.82. The Balaban J connectivity index is 2.81. The molecule has 0 aliphatic heterocycles. The standard InChI is InChI=1S/C18H24O9/c1-4-22-16(19)10-25-13-7-14(26-11-17(20)23-5-2)9-15(8-13)27-12-18(21)24-6-3/h7-9H,4-6,10-12H2,1-3H3. The van der Waals surface area contributed by atoms with E-state index in [1.165, 1.54) is 18.2 Å². The van der Waals surface area contributed by atoms with Crippen LogP contribution in [-0.2, 0) is 28.6 Å². The molecule has 1 aromatic rings. The Kier molecular flexibility index (Phi) is 10.1. The Bertz CT molecular complexity index is 529. The van der Waals surface area contributed by atoms with Gasteiger partial charge < -0.3 is 28.4 Å². The smallest absolute Gasteiger partial charge is 0.344 e. The van der Waals surface area contributed by atoms with E-state index in [1.807, 2.05) is 0 Å². The van der Waals surface area contributed by atoms with Crippen LogP contribution >= 0.6 is 0 Å². The van der Waals surface area contributed by atoms with Gasteiger partial charge in [0.1, 0.15) is 17.2 Å². The van der Waals surface area contributed by atoms with Gasteiger partial charge in [0.05, 0.1) is 19.8 Å². The number of carbonyl (C=O) groups excluding carboxylic acids is 3. The quantitative estimate of drug-likeness (QED) is 0.391. The van der Waals surface area contributed by atoms with Crippen molar-refractivity contribution in [3.05, 3.63) is 18.2 Å². The molecule has 0 amide bonds. The minimum Gasteiger partial charge on any atom is -0.482 e. The zero-order valence-electron chi connectivity index (χ0n) is 15.6. The van der Waals surface area contributed by atoms with Crippen LogP contribution in [-0.4, -0.2) is 57.5 Å². The van der Waals surface area contributed by atoms with Gasteiger partial charge in [0.15, 0.2) is 19.8 Å². The normalized spacial score (nSPS) is 9.89. The predicted molar refractivity (Wildman–Crippen MR) is 92.8 cm³/mol. The summed E-state index contributed by atoms with van der Waals surface area (Å²) in [7, 11) is 0. The Morgan fingerprint density at radius 3 is 1.07 bits per heavy atom. The first kappa shape index (κ1) is 22.1. The fraction of sp³-hybridized carbons (Fsp3) is 0.500. The first-order valence-corrected chi connectivity index (χ1v) is 8.48. The molecule has 9 nitrogen and oxygen atoms in total. The molecule has 0 atom stereocenters. The van der Waals surface area contributed by atoms with Gasteiger partial charge >= 0.3 is 17.9 Å². The Morgan fingerprint density at radius 2 is 0.852 bits per heavy atom. The van der Waals surface area contributed by atoms with Crippen molar-refractivity contribution in [1.29, 1.82) is 0 Å². The molecule has 0 N–H and O–H groups in total. The van der Waals surface area contributed by atoms with Crippen LogP contribution in [0.1, 0.15) is 20.8 Å². The average Bonchev–Trinajstić information content (AvgIpc) is 2.64. The summed E-state index contributed by atoms with van der Waals surface area (Å²) in [5, 5.41) is 0. The van der Waals surface area contributed by atoms with E-state index in [4.69, 9.17) is 28.4 Å². The summed E-state index contributed by atoms with van der Waals surface area (Å²) in [6, 6.07) is 4.40. The fourth-order valence-electron chi connectivity index (χ4n) is 1.83. The summed E-state index contributed by atoms with van der Waals surface area (Å²) in [4.78, 5) is 34.3. The van der Waals surface area contributed by atoms with Crippen LogP contribution in [0.4, 0.5) is 0 Å². The van der Waals surface area contributed by atoms with Gasteiger partial charge in [0, 0.05) is 18.2 Å². The molecule has 0 saturated carbocycles. The zero-order chi connectivity index (χ0) is 20.1. The van der Waals surface area contributed by atoms with Gasteiger partial charge in [-0.2, -0.15) is 0 Å². The highest BCUT2D eigenvalue weighted by molar-refractivity contribution is 5.72. The fourth-order valence-corrected chi connectivity index (χ4v) is 1.83. The lowest BCUT2D eigenvalue weighted by molar-refractivity contribution is -0.146. The van der Waals surface area contributed by atoms with Crippen molar-refractivity contribution < 1.29 is 42.8 Å². The van der Waals surface area contributed by atoms with Gasteiger partial charge in [0.2, 0.25) is 0 Å². The van der Waals surface area contributed by atoms with Crippen LogP contribution in [0.5, 0.6) is 17.2 Å². The minimum absolute atomic E-state index is 0.235. The highest BCUT2D eigenvalue weighted by Gasteiger charge is 2.11. The first-order valence-electron chi connectivity index (χ1n) is 8.48. The maximum absolute atomic E-state index is 11.4. The molecule has 0 aromatic heterocycles. The lowest BCUT2D eigenvalue weighted by atomic mass is 10.3. The van der Waals surface area contributed by atoms with Crippen molar-refractivity contribution in [1.82, 2.24) is 0 Å². The number of hydrogen-bond donors (Lipinski definition) is 0. The largest absolute Gasteiger partial charge is 0.482 e. The van der Waals surface area contributed by atoms with Crippen molar-refractivity contribution in [2.24, 2.45) is 0 Å². The molecular formula is C18H24O9. The lowest BCUT2D eigenvalue weighted by Gasteiger charge is -2.12. The third-order valence-electron chi connectivity index (χ3n) is 2.84. The molecule has 0 heterocycles. The molecule has 0 saturated heterocycles.